The molecule has 24 N–H and O–H groups in total. The summed E-state index contributed by atoms with van der Waals surface area (Å²) in [7, 11) is -5.12. The Morgan fingerprint density at radius 3 is 1.43 bits per heavy atom. The number of nitrogens with two attached hydrogens (primary N) is 2. The molecule has 0 saturated carbocycles. The maximum atomic E-state index is 14.8. The molecule has 2 fully saturated rings. The number of phosphoric ester groups is 1. The van der Waals surface area contributed by atoms with Gasteiger partial charge in [-0.05, 0) is 106 Å². The van der Waals surface area contributed by atoms with Crippen molar-refractivity contribution in [2.45, 2.75) is 268 Å². The Morgan fingerprint density at radius 2 is 0.916 bits per heavy atom. The summed E-state index contributed by atoms with van der Waals surface area (Å²) >= 11 is 1.79. The Hall–Kier alpha value is -10.8. The summed E-state index contributed by atoms with van der Waals surface area (Å²) < 4.78 is 16.3. The van der Waals surface area contributed by atoms with Gasteiger partial charge in [-0.3, -0.25) is 91.3 Å². The van der Waals surface area contributed by atoms with Crippen molar-refractivity contribution in [3.63, 3.8) is 0 Å². The predicted molar refractivity (Wildman–Crippen MR) is 424 cm³/mol. The van der Waals surface area contributed by atoms with Crippen molar-refractivity contribution in [1.29, 1.82) is 0 Å². The van der Waals surface area contributed by atoms with Gasteiger partial charge in [0, 0.05) is 56.1 Å². The highest BCUT2D eigenvalue weighted by molar-refractivity contribution is 8.00. The first-order valence-corrected chi connectivity index (χ1v) is 41.9. The van der Waals surface area contributed by atoms with E-state index in [0.717, 1.165) is 30.7 Å². The molecule has 119 heavy (non-hydrogen) atoms. The number of carboxylic acid groups (broad SMARTS) is 4. The van der Waals surface area contributed by atoms with Crippen molar-refractivity contribution in [2.75, 3.05) is 18.8 Å². The van der Waals surface area contributed by atoms with Crippen LogP contribution < -0.4 is 90.4 Å². The Bertz CT molecular complexity index is 3780. The fraction of sp³-hybridized carbons (Fsp3) is 0.662. The average molecular weight is 1730 g/mol. The van der Waals surface area contributed by atoms with Crippen LogP contribution in [0, 0.1) is 23.7 Å². The average Bonchev–Trinajstić information content (AvgIpc) is 1.71. The maximum absolute atomic E-state index is 14.8. The molecule has 16 amide bonds. The minimum Gasteiger partial charge on any atom is -0.481 e. The molecule has 1 aromatic carbocycles. The molecule has 43 nitrogen and oxygen atoms in total. The van der Waals surface area contributed by atoms with Gasteiger partial charge in [-0.2, -0.15) is 11.8 Å². The number of carbonyl (C=O) groups is 19. The molecular formula is C74H117N16O27PS. The fourth-order valence-electron chi connectivity index (χ4n) is 12.6. The van der Waals surface area contributed by atoms with Crippen LogP contribution in [-0.4, -0.2) is 239 Å². The number of unbranched alkanes of at least 4 members (excludes halogenated alkanes) is 3. The zero-order chi connectivity index (χ0) is 89.6. The van der Waals surface area contributed by atoms with E-state index >= 15 is 0 Å². The Labute approximate surface area is 691 Å². The van der Waals surface area contributed by atoms with Crippen molar-refractivity contribution in [1.82, 2.24) is 74.4 Å². The molecule has 0 unspecified atom stereocenters. The molecule has 2 aliphatic heterocycles. The number of nitrogens with one attached hydrogen (secondary N) is 14. The summed E-state index contributed by atoms with van der Waals surface area (Å²) in [6, 6.07) is -12.7. The second kappa shape index (κ2) is 51.6. The van der Waals surface area contributed by atoms with E-state index in [1.807, 2.05) is 0 Å². The third-order valence-electron chi connectivity index (χ3n) is 18.9. The largest absolute Gasteiger partial charge is 0.524 e. The number of aliphatic carboxylic acids is 4. The van der Waals surface area contributed by atoms with Crippen LogP contribution in [0.3, 0.4) is 0 Å². The van der Waals surface area contributed by atoms with Crippen LogP contribution in [0.2, 0.25) is 0 Å². The summed E-state index contributed by atoms with van der Waals surface area (Å²) in [5.41, 5.74) is 11.0. The molecule has 0 aromatic heterocycles. The number of fused-ring (bicyclic) bond motifs is 1. The summed E-state index contributed by atoms with van der Waals surface area (Å²) in [6.07, 6.45) is -2.70. The van der Waals surface area contributed by atoms with Gasteiger partial charge >= 0.3 is 37.7 Å². The van der Waals surface area contributed by atoms with Gasteiger partial charge in [-0.25, -0.2) is 14.2 Å². The molecule has 666 valence electrons. The summed E-state index contributed by atoms with van der Waals surface area (Å²) in [5, 5.41) is 73.9. The first-order chi connectivity index (χ1) is 55.7. The lowest BCUT2D eigenvalue weighted by Crippen LogP contribution is -2.61. The van der Waals surface area contributed by atoms with Crippen molar-refractivity contribution in [3.05, 3.63) is 29.8 Å². The van der Waals surface area contributed by atoms with Crippen LogP contribution in [0.1, 0.15) is 189 Å². The van der Waals surface area contributed by atoms with Gasteiger partial charge in [0.1, 0.15) is 66.2 Å². The lowest BCUT2D eigenvalue weighted by atomic mass is 9.96. The van der Waals surface area contributed by atoms with Gasteiger partial charge in [0.15, 0.2) is 0 Å². The highest BCUT2D eigenvalue weighted by Gasteiger charge is 2.43. The molecule has 45 heteroatoms. The number of hydrogen-bond acceptors (Lipinski definition) is 22. The number of carboxylic acids is 4. The summed E-state index contributed by atoms with van der Waals surface area (Å²) in [5.74, 6) is -22.0. The monoisotopic (exact) mass is 1720 g/mol. The molecule has 2 heterocycles. The van der Waals surface area contributed by atoms with E-state index < -0.39 is 251 Å². The van der Waals surface area contributed by atoms with Gasteiger partial charge < -0.3 is 111 Å². The highest BCUT2D eigenvalue weighted by atomic mass is 32.2. The molecule has 0 aliphatic carbocycles. The van der Waals surface area contributed by atoms with Crippen LogP contribution >= 0.6 is 19.6 Å². The summed E-state index contributed by atoms with van der Waals surface area (Å²) in [4.78, 5) is 270. The van der Waals surface area contributed by atoms with E-state index in [1.165, 1.54) is 19.1 Å². The molecular weight excluding hydrogens is 1610 g/mol. The van der Waals surface area contributed by atoms with E-state index in [0.29, 0.717) is 38.6 Å². The van der Waals surface area contributed by atoms with Crippen LogP contribution in [0.15, 0.2) is 24.3 Å². The van der Waals surface area contributed by atoms with Crippen LogP contribution in [0.4, 0.5) is 4.79 Å². The predicted octanol–water partition coefficient (Wildman–Crippen LogP) is -2.32. The quantitative estimate of drug-likeness (QED) is 0.0185. The smallest absolute Gasteiger partial charge is 0.481 e. The summed E-state index contributed by atoms with van der Waals surface area (Å²) in [6.45, 7) is 12.2. The lowest BCUT2D eigenvalue weighted by Gasteiger charge is -2.30. The standard InChI is InChI=1S/C74H117N16O27PS/c1-9-40(8)62(72(110)86-50(34-61(100)101)69(107)83-47(30-38(4)5)68(106)85-49(33-60(98)99)70(108)87-51(73(111)112)31-39(6)7)89-71(109)48(32-41-18-20-42(21-19-41)117-118(114,115)116)84-66(104)45(23-26-55(76)92)82-67(105)46(29-37(2)3)80-58(95)35-78-64(102)43(22-25-54(75)91)81-65(103)44(24-27-59(96)97)79-57(94)17-11-10-14-28-77-56(93)16-13-12-15-53-63-52(36-119-53)88-74(113)90-63/h18-21,37-40,43-53,62-63H,9-17,22-36H2,1-8H3,(H2,75,91)(H2,76,92)(H,77,93)(H,78,102)(H,79,94)(H,80,95)(H,81,103)(H,82,105)(H,83,107)(H,84,104)(H,85,106)(H,86,110)(H,87,108)(H,89,109)(H,96,97)(H,98,99)(H,100,101)(H,111,112)(H2,88,90,113)(H2,114,115,116)/t40-,43-,44-,45-,46-,47-,48-,49-,50-,51-,52-,53-,62-,63-/m0/s1. The van der Waals surface area contributed by atoms with Crippen LogP contribution in [0.25, 0.3) is 0 Å². The number of amides is 16. The first-order valence-electron chi connectivity index (χ1n) is 39.3. The molecule has 14 atom stereocenters. The maximum Gasteiger partial charge on any atom is 0.524 e. The minimum atomic E-state index is -5.12. The van der Waals surface area contributed by atoms with Gasteiger partial charge in [0.05, 0.1) is 31.5 Å². The number of phosphoric acid groups is 1. The molecule has 0 bridgehead atoms. The number of rotatable bonds is 58. The topological polar surface area (TPSA) is 692 Å². The zero-order valence-electron chi connectivity index (χ0n) is 67.9. The van der Waals surface area contributed by atoms with Crippen molar-refractivity contribution in [3.8, 4) is 5.75 Å². The Balaban J connectivity index is 1.85. The SMILES string of the molecule is CC[C@H](C)[C@H](NC(=O)[C@H](Cc1ccc(OP(=O)(O)O)cc1)NC(=O)[C@H](CCC(N)=O)NC(=O)[C@H](CC(C)C)NC(=O)CNC(=O)[C@H](CCC(N)=O)NC(=O)[C@H](CCC(=O)O)NC(=O)CCCCCNC(=O)CCCC[C@@H]1SC[C@@H]2NC(=O)N[C@@H]21)C(=O)N[C@@H](CC(=O)O)C(=O)N[C@@H](CC(C)C)C(=O)N[C@@H](CC(=O)O)C(=O)N[C@@H](CC(C)C)C(=O)O. The van der Waals surface area contributed by atoms with Gasteiger partial charge in [-0.1, -0.05) is 86.8 Å². The number of thioether (sulfide) groups is 1. The molecule has 2 aliphatic rings. The normalized spacial score (nSPS) is 16.9. The number of primary amides is 2. The second-order valence-electron chi connectivity index (χ2n) is 30.6. The number of urea groups is 1. The first kappa shape index (κ1) is 102. The lowest BCUT2D eigenvalue weighted by molar-refractivity contribution is -0.144. The number of carbonyl (C=O) groups excluding carboxylic acids is 15. The van der Waals surface area contributed by atoms with Crippen molar-refractivity contribution >= 4 is 132 Å². The van der Waals surface area contributed by atoms with E-state index in [1.54, 1.807) is 60.2 Å². The van der Waals surface area contributed by atoms with E-state index in [4.69, 9.17) is 11.5 Å². The minimum absolute atomic E-state index is 0.0672. The molecule has 0 spiro atoms. The number of hydrogen-bond donors (Lipinski definition) is 22. The second-order valence-corrected chi connectivity index (χ2v) is 33.0. The van der Waals surface area contributed by atoms with Crippen molar-refractivity contribution < 1.29 is 130 Å². The third-order valence-corrected chi connectivity index (χ3v) is 20.8. The van der Waals surface area contributed by atoms with Gasteiger partial charge in [0.2, 0.25) is 82.7 Å². The molecule has 1 aromatic rings. The molecule has 3 rings (SSSR count). The van der Waals surface area contributed by atoms with E-state index in [2.05, 4.69) is 79.0 Å². The van der Waals surface area contributed by atoms with Gasteiger partial charge in [0.25, 0.3) is 0 Å². The zero-order valence-corrected chi connectivity index (χ0v) is 69.6. The van der Waals surface area contributed by atoms with Crippen LogP contribution in [-0.2, 0) is 97.3 Å². The van der Waals surface area contributed by atoms with Crippen molar-refractivity contribution in [2.24, 2.45) is 35.1 Å². The Kier molecular flexibility index (Phi) is 44.4. The Morgan fingerprint density at radius 1 is 0.479 bits per heavy atom. The highest BCUT2D eigenvalue weighted by Crippen LogP contribution is 2.38. The third kappa shape index (κ3) is 40.5. The van der Waals surface area contributed by atoms with Gasteiger partial charge in [-0.15, -0.1) is 0 Å². The van der Waals surface area contributed by atoms with E-state index in [9.17, 15) is 126 Å². The fourth-order valence-corrected chi connectivity index (χ4v) is 14.6. The molecule has 0 radical (unpaired) electrons. The van der Waals surface area contributed by atoms with Crippen LogP contribution in [0.5, 0.6) is 5.75 Å². The molecule has 2 saturated heterocycles. The number of benzene rings is 1. The van der Waals surface area contributed by atoms with E-state index in [-0.39, 0.29) is 78.6 Å².